The smallest absolute Gasteiger partial charge is 0.236 e. The number of para-hydroxylation sites is 1. The van der Waals surface area contributed by atoms with E-state index in [2.05, 4.69) is 24.0 Å². The van der Waals surface area contributed by atoms with Crippen LogP contribution in [0.5, 0.6) is 5.75 Å². The first-order chi connectivity index (χ1) is 17.1. The van der Waals surface area contributed by atoms with Gasteiger partial charge in [0.15, 0.2) is 0 Å². The number of nitrogens with zero attached hydrogens (tertiary/aromatic N) is 4. The van der Waals surface area contributed by atoms with Crippen molar-refractivity contribution in [2.75, 3.05) is 59.0 Å². The van der Waals surface area contributed by atoms with Gasteiger partial charge in [-0.25, -0.2) is 0 Å². The van der Waals surface area contributed by atoms with Gasteiger partial charge in [-0.1, -0.05) is 37.3 Å². The number of rotatable bonds is 5. The summed E-state index contributed by atoms with van der Waals surface area (Å²) in [5.74, 6) is 1.47. The van der Waals surface area contributed by atoms with Crippen molar-refractivity contribution in [3.8, 4) is 5.75 Å². The van der Waals surface area contributed by atoms with Crippen LogP contribution in [0.25, 0.3) is 0 Å². The molecule has 0 aromatic heterocycles. The number of benzene rings is 1. The molecule has 3 heterocycles. The van der Waals surface area contributed by atoms with Gasteiger partial charge in [0, 0.05) is 57.8 Å². The largest absolute Gasteiger partial charge is 0.489 e. The van der Waals surface area contributed by atoms with E-state index in [0.717, 1.165) is 37.1 Å². The predicted octanol–water partition coefficient (Wildman–Crippen LogP) is 2.00. The van der Waals surface area contributed by atoms with Gasteiger partial charge in [0.1, 0.15) is 12.4 Å². The van der Waals surface area contributed by atoms with Crippen LogP contribution >= 0.6 is 0 Å². The maximum atomic E-state index is 13.3. The highest BCUT2D eigenvalue weighted by Gasteiger charge is 2.33. The van der Waals surface area contributed by atoms with Gasteiger partial charge in [-0.05, 0) is 37.3 Å². The summed E-state index contributed by atoms with van der Waals surface area (Å²) in [5.41, 5.74) is 1.09. The monoisotopic (exact) mass is 482 g/mol. The number of piperazine rings is 1. The van der Waals surface area contributed by atoms with Gasteiger partial charge in [0.25, 0.3) is 0 Å². The number of piperidine rings is 1. The molecule has 2 bridgehead atoms. The topological polar surface area (TPSA) is 73.4 Å². The second-order valence-electron chi connectivity index (χ2n) is 9.84. The highest BCUT2D eigenvalue weighted by Crippen LogP contribution is 2.29. The molecule has 3 aliphatic rings. The van der Waals surface area contributed by atoms with Crippen LogP contribution in [0.1, 0.15) is 31.7 Å². The molecule has 2 fully saturated rings. The molecular formula is C27H38N4O4. The molecule has 2 atom stereocenters. The SMILES string of the molecule is CCCN1CC(=O)N2CC[C@@H](CC(=O)N3CCN(C=O)CC3)[C@@H](C=CCOc3ccccc3C1)C2. The van der Waals surface area contributed by atoms with Crippen molar-refractivity contribution in [1.82, 2.24) is 19.6 Å². The fraction of sp³-hybridized carbons (Fsp3) is 0.593. The van der Waals surface area contributed by atoms with Gasteiger partial charge in [-0.2, -0.15) is 0 Å². The van der Waals surface area contributed by atoms with Crippen molar-refractivity contribution in [2.45, 2.75) is 32.7 Å². The summed E-state index contributed by atoms with van der Waals surface area (Å²) < 4.78 is 6.10. The van der Waals surface area contributed by atoms with Crippen molar-refractivity contribution in [1.29, 1.82) is 0 Å². The first kappa shape index (κ1) is 25.2. The van der Waals surface area contributed by atoms with E-state index >= 15 is 0 Å². The van der Waals surface area contributed by atoms with Crippen molar-refractivity contribution in [2.24, 2.45) is 11.8 Å². The standard InChI is InChI=1S/C27H38N4O4/c1-2-10-29-18-24-6-3-4-8-25(24)35-16-5-7-23-19-31(27(34)20-29)11-9-22(23)17-26(33)30-14-12-28(21-32)13-15-30/h3-8,21-23H,2,9-20H2,1H3/t22-,23-/m0/s1. The molecule has 0 radical (unpaired) electrons. The molecule has 0 aliphatic carbocycles. The third-order valence-electron chi connectivity index (χ3n) is 7.40. The normalized spacial score (nSPS) is 24.0. The van der Waals surface area contributed by atoms with Gasteiger partial charge < -0.3 is 19.4 Å². The molecule has 0 unspecified atom stereocenters. The summed E-state index contributed by atoms with van der Waals surface area (Å²) in [6, 6.07) is 8.05. The lowest BCUT2D eigenvalue weighted by Crippen LogP contribution is -2.50. The average Bonchev–Trinajstić information content (AvgIpc) is 2.88. The Labute approximate surface area is 208 Å². The number of fused-ring (bicyclic) bond motifs is 3. The molecule has 2 saturated heterocycles. The lowest BCUT2D eigenvalue weighted by molar-refractivity contribution is -0.138. The summed E-state index contributed by atoms with van der Waals surface area (Å²) in [5, 5.41) is 0. The quantitative estimate of drug-likeness (QED) is 0.474. The second-order valence-corrected chi connectivity index (χ2v) is 9.84. The van der Waals surface area contributed by atoms with E-state index in [4.69, 9.17) is 4.74 Å². The van der Waals surface area contributed by atoms with Crippen molar-refractivity contribution >= 4 is 18.2 Å². The van der Waals surface area contributed by atoms with Crippen molar-refractivity contribution in [3.05, 3.63) is 42.0 Å². The molecule has 8 heteroatoms. The molecule has 190 valence electrons. The van der Waals surface area contributed by atoms with E-state index < -0.39 is 0 Å². The molecule has 0 spiro atoms. The first-order valence-electron chi connectivity index (χ1n) is 12.9. The second kappa shape index (κ2) is 12.2. The minimum Gasteiger partial charge on any atom is -0.489 e. The van der Waals surface area contributed by atoms with Crippen LogP contribution in [0, 0.1) is 11.8 Å². The van der Waals surface area contributed by atoms with Gasteiger partial charge >= 0.3 is 0 Å². The van der Waals surface area contributed by atoms with Crippen LogP contribution in [0.3, 0.4) is 0 Å². The molecule has 8 nitrogen and oxygen atoms in total. The van der Waals surface area contributed by atoms with Crippen LogP contribution in [0.15, 0.2) is 36.4 Å². The summed E-state index contributed by atoms with van der Waals surface area (Å²) in [4.78, 5) is 45.1. The Bertz CT molecular complexity index is 912. The zero-order chi connectivity index (χ0) is 24.6. The van der Waals surface area contributed by atoms with E-state index in [-0.39, 0.29) is 23.7 Å². The first-order valence-corrected chi connectivity index (χ1v) is 12.9. The average molecular weight is 483 g/mol. The molecule has 0 saturated carbocycles. The van der Waals surface area contributed by atoms with E-state index in [1.807, 2.05) is 34.1 Å². The van der Waals surface area contributed by atoms with Crippen LogP contribution in [0.2, 0.25) is 0 Å². The Morgan fingerprint density at radius 1 is 1.11 bits per heavy atom. The Balaban J connectivity index is 1.47. The van der Waals surface area contributed by atoms with E-state index in [1.54, 1.807) is 4.90 Å². The molecule has 3 amide bonds. The summed E-state index contributed by atoms with van der Waals surface area (Å²) in [7, 11) is 0. The number of hydrogen-bond acceptors (Lipinski definition) is 5. The zero-order valence-electron chi connectivity index (χ0n) is 20.8. The number of carbonyl (C=O) groups is 3. The van der Waals surface area contributed by atoms with E-state index in [9.17, 15) is 14.4 Å². The highest BCUT2D eigenvalue weighted by atomic mass is 16.5. The maximum absolute atomic E-state index is 13.3. The maximum Gasteiger partial charge on any atom is 0.236 e. The zero-order valence-corrected chi connectivity index (χ0v) is 20.8. The van der Waals surface area contributed by atoms with Crippen LogP contribution in [0.4, 0.5) is 0 Å². The van der Waals surface area contributed by atoms with E-state index in [1.165, 1.54) is 0 Å². The number of hydrogen-bond donors (Lipinski definition) is 0. The van der Waals surface area contributed by atoms with Crippen LogP contribution in [-0.4, -0.2) is 96.8 Å². The van der Waals surface area contributed by atoms with Crippen molar-refractivity contribution in [3.63, 3.8) is 0 Å². The predicted molar refractivity (Wildman–Crippen MR) is 134 cm³/mol. The third kappa shape index (κ3) is 6.63. The van der Waals surface area contributed by atoms with Gasteiger partial charge in [0.05, 0.1) is 6.54 Å². The van der Waals surface area contributed by atoms with Gasteiger partial charge in [-0.3, -0.25) is 19.3 Å². The third-order valence-corrected chi connectivity index (χ3v) is 7.40. The summed E-state index contributed by atoms with van der Waals surface area (Å²) in [6.45, 7) is 8.23. The van der Waals surface area contributed by atoms with E-state index in [0.29, 0.717) is 65.4 Å². The summed E-state index contributed by atoms with van der Waals surface area (Å²) >= 11 is 0. The Kier molecular flexibility index (Phi) is 8.79. The van der Waals surface area contributed by atoms with Gasteiger partial charge in [0.2, 0.25) is 18.2 Å². The minimum absolute atomic E-state index is 0.118. The summed E-state index contributed by atoms with van der Waals surface area (Å²) in [6.07, 6.45) is 7.31. The molecule has 0 N–H and O–H groups in total. The fourth-order valence-corrected chi connectivity index (χ4v) is 5.36. The molecular weight excluding hydrogens is 444 g/mol. The molecule has 3 aliphatic heterocycles. The molecule has 1 aromatic rings. The molecule has 35 heavy (non-hydrogen) atoms. The Hall–Kier alpha value is -2.87. The highest BCUT2D eigenvalue weighted by molar-refractivity contribution is 5.79. The molecule has 1 aromatic carbocycles. The Morgan fingerprint density at radius 2 is 1.91 bits per heavy atom. The van der Waals surface area contributed by atoms with Gasteiger partial charge in [-0.15, -0.1) is 0 Å². The van der Waals surface area contributed by atoms with Crippen LogP contribution in [-0.2, 0) is 20.9 Å². The number of amides is 3. The minimum atomic E-state index is 0.118. The fourth-order valence-electron chi connectivity index (χ4n) is 5.36. The molecule has 4 rings (SSSR count). The lowest BCUT2D eigenvalue weighted by Gasteiger charge is -2.39. The van der Waals surface area contributed by atoms with Crippen molar-refractivity contribution < 1.29 is 19.1 Å². The lowest BCUT2D eigenvalue weighted by atomic mass is 9.82. The number of ether oxygens (including phenoxy) is 1. The Morgan fingerprint density at radius 3 is 2.69 bits per heavy atom. The number of carbonyl (C=O) groups excluding carboxylic acids is 3. The van der Waals surface area contributed by atoms with Crippen LogP contribution < -0.4 is 4.74 Å².